The molecular formula is C11H16ClNS. The van der Waals surface area contributed by atoms with Crippen LogP contribution in [0.5, 0.6) is 0 Å². The van der Waals surface area contributed by atoms with Crippen molar-refractivity contribution in [3.63, 3.8) is 0 Å². The summed E-state index contributed by atoms with van der Waals surface area (Å²) < 4.78 is 0.896. The molecule has 1 unspecified atom stereocenters. The van der Waals surface area contributed by atoms with Crippen molar-refractivity contribution in [1.82, 2.24) is 4.90 Å². The number of hydrogen-bond acceptors (Lipinski definition) is 2. The Hall–Kier alpha value is -0.0500. The molecule has 1 fully saturated rings. The Kier molecular flexibility index (Phi) is 3.15. The molecule has 0 radical (unpaired) electrons. The maximum absolute atomic E-state index is 5.90. The number of nitrogens with zero attached hydrogens (tertiary/aromatic N) is 1. The van der Waals surface area contributed by atoms with Gasteiger partial charge in [0.25, 0.3) is 0 Å². The lowest BCUT2D eigenvalue weighted by Gasteiger charge is -2.23. The first-order valence-corrected chi connectivity index (χ1v) is 6.30. The molecule has 1 aliphatic rings. The molecule has 3 heteroatoms. The van der Waals surface area contributed by atoms with Gasteiger partial charge in [-0.25, -0.2) is 0 Å². The van der Waals surface area contributed by atoms with E-state index in [1.165, 1.54) is 17.7 Å². The molecule has 1 atom stereocenters. The number of hydrogen-bond donors (Lipinski definition) is 0. The van der Waals surface area contributed by atoms with Gasteiger partial charge in [0.05, 0.1) is 4.34 Å². The van der Waals surface area contributed by atoms with E-state index >= 15 is 0 Å². The lowest BCUT2D eigenvalue weighted by atomic mass is 10.2. The predicted molar refractivity (Wildman–Crippen MR) is 63.0 cm³/mol. The van der Waals surface area contributed by atoms with Crippen LogP contribution in [0.2, 0.25) is 4.34 Å². The van der Waals surface area contributed by atoms with Crippen LogP contribution in [0, 0.1) is 5.92 Å². The first kappa shape index (κ1) is 10.5. The summed E-state index contributed by atoms with van der Waals surface area (Å²) >= 11 is 7.59. The average Bonchev–Trinajstić information content (AvgIpc) is 2.91. The zero-order chi connectivity index (χ0) is 10.1. The maximum atomic E-state index is 5.90. The second-order valence-electron chi connectivity index (χ2n) is 4.20. The summed E-state index contributed by atoms with van der Waals surface area (Å²) in [6.07, 6.45) is 2.83. The Bertz CT molecular complexity index is 306. The van der Waals surface area contributed by atoms with Crippen LogP contribution >= 0.6 is 22.9 Å². The van der Waals surface area contributed by atoms with E-state index in [2.05, 4.69) is 24.9 Å². The standard InChI is InChI=1S/C11H16ClNS/c1-8(9-3-4-9)13(2)7-10-5-6-11(12)14-10/h5-6,8-9H,3-4,7H2,1-2H3. The van der Waals surface area contributed by atoms with Gasteiger partial charge < -0.3 is 0 Å². The van der Waals surface area contributed by atoms with Crippen LogP contribution in [0.1, 0.15) is 24.6 Å². The van der Waals surface area contributed by atoms with Gasteiger partial charge in [0, 0.05) is 17.5 Å². The van der Waals surface area contributed by atoms with E-state index in [0.29, 0.717) is 0 Å². The molecule has 0 aliphatic heterocycles. The quantitative estimate of drug-likeness (QED) is 0.762. The fraction of sp³-hybridized carbons (Fsp3) is 0.636. The van der Waals surface area contributed by atoms with Crippen LogP contribution in [0.4, 0.5) is 0 Å². The molecule has 2 rings (SSSR count). The zero-order valence-corrected chi connectivity index (χ0v) is 10.2. The van der Waals surface area contributed by atoms with Crippen molar-refractivity contribution in [2.24, 2.45) is 5.92 Å². The summed E-state index contributed by atoms with van der Waals surface area (Å²) in [5.74, 6) is 0.940. The van der Waals surface area contributed by atoms with Gasteiger partial charge in [-0.05, 0) is 44.9 Å². The van der Waals surface area contributed by atoms with E-state index in [0.717, 1.165) is 22.8 Å². The SMILES string of the molecule is CC(C1CC1)N(C)Cc1ccc(Cl)s1. The monoisotopic (exact) mass is 229 g/mol. The van der Waals surface area contributed by atoms with E-state index in [9.17, 15) is 0 Å². The van der Waals surface area contributed by atoms with Gasteiger partial charge >= 0.3 is 0 Å². The highest BCUT2D eigenvalue weighted by atomic mass is 35.5. The minimum atomic E-state index is 0.718. The molecule has 1 nitrogen and oxygen atoms in total. The number of halogens is 1. The van der Waals surface area contributed by atoms with Gasteiger partial charge in [0.2, 0.25) is 0 Å². The maximum Gasteiger partial charge on any atom is 0.0931 e. The van der Waals surface area contributed by atoms with Crippen LogP contribution in [-0.2, 0) is 6.54 Å². The molecule has 0 N–H and O–H groups in total. The molecule has 0 saturated heterocycles. The highest BCUT2D eigenvalue weighted by molar-refractivity contribution is 7.16. The molecule has 14 heavy (non-hydrogen) atoms. The fourth-order valence-electron chi connectivity index (χ4n) is 1.77. The van der Waals surface area contributed by atoms with Crippen LogP contribution in [0.15, 0.2) is 12.1 Å². The predicted octanol–water partition coefficient (Wildman–Crippen LogP) is 3.63. The van der Waals surface area contributed by atoms with Crippen molar-refractivity contribution in [3.8, 4) is 0 Å². The van der Waals surface area contributed by atoms with Gasteiger partial charge in [-0.1, -0.05) is 11.6 Å². The lowest BCUT2D eigenvalue weighted by Crippen LogP contribution is -2.29. The lowest BCUT2D eigenvalue weighted by molar-refractivity contribution is 0.228. The minimum absolute atomic E-state index is 0.718. The molecule has 1 saturated carbocycles. The molecule has 1 aliphatic carbocycles. The Balaban J connectivity index is 1.89. The van der Waals surface area contributed by atoms with Crippen LogP contribution in [0.3, 0.4) is 0 Å². The van der Waals surface area contributed by atoms with E-state index in [1.54, 1.807) is 11.3 Å². The first-order valence-electron chi connectivity index (χ1n) is 5.11. The number of thiophene rings is 1. The Morgan fingerprint density at radius 3 is 2.79 bits per heavy atom. The van der Waals surface area contributed by atoms with Crippen LogP contribution in [-0.4, -0.2) is 18.0 Å². The molecular weight excluding hydrogens is 214 g/mol. The van der Waals surface area contributed by atoms with Crippen molar-refractivity contribution >= 4 is 22.9 Å². The zero-order valence-electron chi connectivity index (χ0n) is 8.66. The van der Waals surface area contributed by atoms with Gasteiger partial charge in [-0.2, -0.15) is 0 Å². The molecule has 0 bridgehead atoms. The molecule has 1 heterocycles. The van der Waals surface area contributed by atoms with Crippen molar-refractivity contribution in [1.29, 1.82) is 0 Å². The van der Waals surface area contributed by atoms with E-state index in [1.807, 2.05) is 6.07 Å². The summed E-state index contributed by atoms with van der Waals surface area (Å²) in [7, 11) is 2.20. The Morgan fingerprint density at radius 2 is 2.29 bits per heavy atom. The van der Waals surface area contributed by atoms with Crippen LogP contribution in [0.25, 0.3) is 0 Å². The highest BCUT2D eigenvalue weighted by Crippen LogP contribution is 2.35. The van der Waals surface area contributed by atoms with Gasteiger partial charge in [0.1, 0.15) is 0 Å². The number of rotatable bonds is 4. The summed E-state index contributed by atoms with van der Waals surface area (Å²) in [5, 5.41) is 0. The van der Waals surface area contributed by atoms with Crippen LogP contribution < -0.4 is 0 Å². The molecule has 0 amide bonds. The second kappa shape index (κ2) is 4.21. The van der Waals surface area contributed by atoms with Crippen molar-refractivity contribution < 1.29 is 0 Å². The fourth-order valence-corrected chi connectivity index (χ4v) is 2.92. The summed E-state index contributed by atoms with van der Waals surface area (Å²) in [6, 6.07) is 4.83. The van der Waals surface area contributed by atoms with Gasteiger partial charge in [-0.3, -0.25) is 4.90 Å². The largest absolute Gasteiger partial charge is 0.298 e. The summed E-state index contributed by atoms with van der Waals surface area (Å²) in [6.45, 7) is 3.36. The Morgan fingerprint density at radius 1 is 1.57 bits per heavy atom. The van der Waals surface area contributed by atoms with E-state index in [-0.39, 0.29) is 0 Å². The molecule has 1 aromatic heterocycles. The molecule has 1 aromatic rings. The van der Waals surface area contributed by atoms with E-state index in [4.69, 9.17) is 11.6 Å². The van der Waals surface area contributed by atoms with Gasteiger partial charge in [-0.15, -0.1) is 11.3 Å². The third kappa shape index (κ3) is 2.50. The second-order valence-corrected chi connectivity index (χ2v) is 6.00. The summed E-state index contributed by atoms with van der Waals surface area (Å²) in [5.41, 5.74) is 0. The van der Waals surface area contributed by atoms with E-state index < -0.39 is 0 Å². The van der Waals surface area contributed by atoms with Crippen molar-refractivity contribution in [3.05, 3.63) is 21.3 Å². The average molecular weight is 230 g/mol. The molecule has 0 aromatic carbocycles. The Labute approximate surface area is 94.7 Å². The molecule has 78 valence electrons. The van der Waals surface area contributed by atoms with Crippen molar-refractivity contribution in [2.75, 3.05) is 7.05 Å². The normalized spacial score (nSPS) is 18.9. The topological polar surface area (TPSA) is 3.24 Å². The minimum Gasteiger partial charge on any atom is -0.298 e. The summed E-state index contributed by atoms with van der Waals surface area (Å²) in [4.78, 5) is 3.80. The highest BCUT2D eigenvalue weighted by Gasteiger charge is 2.30. The van der Waals surface area contributed by atoms with Gasteiger partial charge in [0.15, 0.2) is 0 Å². The third-order valence-electron chi connectivity index (χ3n) is 3.03. The smallest absolute Gasteiger partial charge is 0.0931 e. The first-order chi connectivity index (χ1) is 6.66. The molecule has 0 spiro atoms. The van der Waals surface area contributed by atoms with Crippen molar-refractivity contribution in [2.45, 2.75) is 32.4 Å². The third-order valence-corrected chi connectivity index (χ3v) is 4.25.